The molecule has 0 bridgehead atoms. The van der Waals surface area contributed by atoms with E-state index in [9.17, 15) is 18.0 Å². The monoisotopic (exact) mass is 390 g/mol. The third-order valence-electron chi connectivity index (χ3n) is 3.80. The van der Waals surface area contributed by atoms with Gasteiger partial charge in [-0.3, -0.25) is 4.79 Å². The van der Waals surface area contributed by atoms with E-state index in [4.69, 9.17) is 0 Å². The van der Waals surface area contributed by atoms with Crippen LogP contribution in [0.25, 0.3) is 5.82 Å². The third kappa shape index (κ3) is 4.84. The van der Waals surface area contributed by atoms with Gasteiger partial charge in [0.1, 0.15) is 5.82 Å². The molecule has 7 nitrogen and oxygen atoms in total. The summed E-state index contributed by atoms with van der Waals surface area (Å²) >= 11 is 0. The lowest BCUT2D eigenvalue weighted by atomic mass is 10.1. The number of aromatic nitrogens is 4. The Morgan fingerprint density at radius 2 is 1.79 bits per heavy atom. The Labute approximate surface area is 158 Å². The van der Waals surface area contributed by atoms with Gasteiger partial charge >= 0.3 is 6.18 Å². The van der Waals surface area contributed by atoms with Crippen LogP contribution in [0.2, 0.25) is 0 Å². The average molecular weight is 390 g/mol. The Kier molecular flexibility index (Phi) is 5.57. The first-order valence-electron chi connectivity index (χ1n) is 8.38. The molecule has 0 aliphatic heterocycles. The number of benzene rings is 1. The quantitative estimate of drug-likeness (QED) is 0.633. The zero-order valence-electron chi connectivity index (χ0n) is 14.9. The molecule has 2 N–H and O–H groups in total. The highest BCUT2D eigenvalue weighted by molar-refractivity contribution is 5.94. The number of hydrogen-bond acceptors (Lipinski definition) is 5. The van der Waals surface area contributed by atoms with Gasteiger partial charge in [0, 0.05) is 24.8 Å². The van der Waals surface area contributed by atoms with Crippen LogP contribution in [-0.2, 0) is 6.18 Å². The molecule has 3 rings (SSSR count). The lowest BCUT2D eigenvalue weighted by molar-refractivity contribution is -0.137. The Morgan fingerprint density at radius 3 is 2.36 bits per heavy atom. The number of aryl methyl sites for hydroxylation is 1. The molecule has 0 saturated carbocycles. The topological polar surface area (TPSA) is 84.7 Å². The molecule has 2 heterocycles. The van der Waals surface area contributed by atoms with E-state index >= 15 is 0 Å². The zero-order valence-corrected chi connectivity index (χ0v) is 14.9. The van der Waals surface area contributed by atoms with Crippen molar-refractivity contribution < 1.29 is 18.0 Å². The second kappa shape index (κ2) is 8.07. The second-order valence-corrected chi connectivity index (χ2v) is 5.94. The lowest BCUT2D eigenvalue weighted by Crippen LogP contribution is -2.29. The summed E-state index contributed by atoms with van der Waals surface area (Å²) in [7, 11) is 0. The highest BCUT2D eigenvalue weighted by Gasteiger charge is 2.30. The minimum absolute atomic E-state index is 0.159. The highest BCUT2D eigenvalue weighted by Crippen LogP contribution is 2.29. The van der Waals surface area contributed by atoms with Crippen LogP contribution in [0.4, 0.5) is 19.0 Å². The SMILES string of the molecule is Cc1ccn(-c2ccc(NCCNC(=O)c3ccc(C(F)(F)F)cc3)nn2)n1. The molecule has 28 heavy (non-hydrogen) atoms. The van der Waals surface area contributed by atoms with Gasteiger partial charge < -0.3 is 10.6 Å². The van der Waals surface area contributed by atoms with Crippen LogP contribution in [-0.4, -0.2) is 39.0 Å². The maximum atomic E-state index is 12.5. The molecule has 1 amide bonds. The van der Waals surface area contributed by atoms with Gasteiger partial charge in [-0.2, -0.15) is 18.3 Å². The first-order chi connectivity index (χ1) is 13.3. The number of alkyl halides is 3. The molecular formula is C18H17F3N6O. The molecule has 0 spiro atoms. The number of hydrogen-bond donors (Lipinski definition) is 2. The summed E-state index contributed by atoms with van der Waals surface area (Å²) in [5.74, 6) is 0.650. The molecule has 146 valence electrons. The van der Waals surface area contributed by atoms with Gasteiger partial charge in [-0.15, -0.1) is 10.2 Å². The molecule has 0 atom stereocenters. The van der Waals surface area contributed by atoms with Crippen LogP contribution in [0, 0.1) is 6.92 Å². The molecule has 10 heteroatoms. The van der Waals surface area contributed by atoms with E-state index in [2.05, 4.69) is 25.9 Å². The summed E-state index contributed by atoms with van der Waals surface area (Å²) in [6.07, 6.45) is -2.64. The van der Waals surface area contributed by atoms with Crippen molar-refractivity contribution in [2.45, 2.75) is 13.1 Å². The Hall–Kier alpha value is -3.43. The Bertz CT molecular complexity index is 935. The fourth-order valence-electron chi connectivity index (χ4n) is 2.36. The van der Waals surface area contributed by atoms with Gasteiger partial charge in [0.2, 0.25) is 0 Å². The van der Waals surface area contributed by atoms with Gasteiger partial charge in [-0.1, -0.05) is 0 Å². The number of halogens is 3. The number of rotatable bonds is 6. The highest BCUT2D eigenvalue weighted by atomic mass is 19.4. The zero-order chi connectivity index (χ0) is 20.1. The van der Waals surface area contributed by atoms with Crippen LogP contribution in [0.15, 0.2) is 48.7 Å². The van der Waals surface area contributed by atoms with Crippen molar-refractivity contribution in [3.63, 3.8) is 0 Å². The summed E-state index contributed by atoms with van der Waals surface area (Å²) in [5, 5.41) is 17.9. The molecule has 0 unspecified atom stereocenters. The van der Waals surface area contributed by atoms with Crippen molar-refractivity contribution in [1.82, 2.24) is 25.3 Å². The standard InChI is InChI=1S/C18H17F3N6O/c1-12-8-11-27(26-12)16-7-6-15(24-25-16)22-9-10-23-17(28)13-2-4-14(5-3-13)18(19,20)21/h2-8,11H,9-10H2,1H3,(H,22,24)(H,23,28). The van der Waals surface area contributed by atoms with Crippen LogP contribution in [0.1, 0.15) is 21.6 Å². The average Bonchev–Trinajstić information content (AvgIpc) is 3.11. The van der Waals surface area contributed by atoms with Crippen molar-refractivity contribution in [3.8, 4) is 5.82 Å². The first kappa shape index (κ1) is 19.3. The number of carbonyl (C=O) groups excluding carboxylic acids is 1. The minimum atomic E-state index is -4.42. The van der Waals surface area contributed by atoms with E-state index in [1.807, 2.05) is 13.0 Å². The van der Waals surface area contributed by atoms with Crippen molar-refractivity contribution in [3.05, 3.63) is 65.5 Å². The molecule has 3 aromatic rings. The summed E-state index contributed by atoms with van der Waals surface area (Å²) in [5.41, 5.74) is 0.234. The minimum Gasteiger partial charge on any atom is -0.367 e. The summed E-state index contributed by atoms with van der Waals surface area (Å²) in [4.78, 5) is 12.0. The molecule has 0 saturated heterocycles. The van der Waals surface area contributed by atoms with E-state index in [-0.39, 0.29) is 12.1 Å². The van der Waals surface area contributed by atoms with Gasteiger partial charge in [-0.05, 0) is 49.4 Å². The molecular weight excluding hydrogens is 373 g/mol. The molecule has 0 radical (unpaired) electrons. The Morgan fingerprint density at radius 1 is 1.04 bits per heavy atom. The van der Waals surface area contributed by atoms with Gasteiger partial charge in [0.25, 0.3) is 5.91 Å². The fraction of sp³-hybridized carbons (Fsp3) is 0.222. The van der Waals surface area contributed by atoms with E-state index in [0.717, 1.165) is 30.0 Å². The van der Waals surface area contributed by atoms with Crippen LogP contribution >= 0.6 is 0 Å². The predicted octanol–water partition coefficient (Wildman–Crippen LogP) is 2.83. The largest absolute Gasteiger partial charge is 0.416 e. The van der Waals surface area contributed by atoms with Crippen LogP contribution in [0.3, 0.4) is 0 Å². The van der Waals surface area contributed by atoms with Crippen molar-refractivity contribution in [2.24, 2.45) is 0 Å². The van der Waals surface area contributed by atoms with E-state index in [0.29, 0.717) is 18.2 Å². The molecule has 0 aliphatic carbocycles. The van der Waals surface area contributed by atoms with E-state index < -0.39 is 17.6 Å². The summed E-state index contributed by atoms with van der Waals surface area (Å²) in [6.45, 7) is 2.52. The van der Waals surface area contributed by atoms with Gasteiger partial charge in [0.05, 0.1) is 11.3 Å². The number of carbonyl (C=O) groups is 1. The fourth-order valence-corrected chi connectivity index (χ4v) is 2.36. The molecule has 0 fully saturated rings. The normalized spacial score (nSPS) is 11.3. The number of nitrogens with zero attached hydrogens (tertiary/aromatic N) is 4. The maximum Gasteiger partial charge on any atom is 0.416 e. The second-order valence-electron chi connectivity index (χ2n) is 5.94. The van der Waals surface area contributed by atoms with E-state index in [1.54, 1.807) is 23.0 Å². The number of anilines is 1. The summed E-state index contributed by atoms with van der Waals surface area (Å²) in [6, 6.07) is 9.39. The van der Waals surface area contributed by atoms with Crippen molar-refractivity contribution in [2.75, 3.05) is 18.4 Å². The van der Waals surface area contributed by atoms with Crippen molar-refractivity contribution >= 4 is 11.7 Å². The summed E-state index contributed by atoms with van der Waals surface area (Å²) < 4.78 is 39.2. The number of nitrogens with one attached hydrogen (secondary N) is 2. The Balaban J connectivity index is 1.45. The van der Waals surface area contributed by atoms with Crippen LogP contribution in [0.5, 0.6) is 0 Å². The maximum absolute atomic E-state index is 12.5. The number of amides is 1. The van der Waals surface area contributed by atoms with Gasteiger partial charge in [-0.25, -0.2) is 4.68 Å². The lowest BCUT2D eigenvalue weighted by Gasteiger charge is -2.09. The van der Waals surface area contributed by atoms with Crippen molar-refractivity contribution in [1.29, 1.82) is 0 Å². The van der Waals surface area contributed by atoms with Crippen LogP contribution < -0.4 is 10.6 Å². The van der Waals surface area contributed by atoms with Gasteiger partial charge in [0.15, 0.2) is 5.82 Å². The smallest absolute Gasteiger partial charge is 0.367 e. The molecule has 0 aliphatic rings. The predicted molar refractivity (Wildman–Crippen MR) is 96.2 cm³/mol. The molecule has 1 aromatic carbocycles. The third-order valence-corrected chi connectivity index (χ3v) is 3.80. The van der Waals surface area contributed by atoms with E-state index in [1.165, 1.54) is 0 Å². The first-order valence-corrected chi connectivity index (χ1v) is 8.38. The molecule has 2 aromatic heterocycles.